The van der Waals surface area contributed by atoms with Crippen LogP contribution in [0, 0.1) is 0 Å². The standard InChI is InChI=1S/C17H25N3O5S2/c1-25-15(21)14-13(5-12-26-14)27(23,24)20-10-6-17(7-11-20,16(18)22)19-8-3-2-4-9-19/h5,12H,2-4,6-11H2,1H3,(H2,18,22). The van der Waals surface area contributed by atoms with Gasteiger partial charge in [0.25, 0.3) is 0 Å². The number of hydrogen-bond donors (Lipinski definition) is 1. The Balaban J connectivity index is 1.81. The Morgan fingerprint density at radius 1 is 1.15 bits per heavy atom. The molecule has 0 unspecified atom stereocenters. The first-order valence-electron chi connectivity index (χ1n) is 9.04. The van der Waals surface area contributed by atoms with Gasteiger partial charge in [-0.3, -0.25) is 9.69 Å². The number of carbonyl (C=O) groups is 2. The van der Waals surface area contributed by atoms with Gasteiger partial charge in [-0.15, -0.1) is 11.3 Å². The minimum absolute atomic E-state index is 0.0381. The van der Waals surface area contributed by atoms with Crippen LogP contribution >= 0.6 is 11.3 Å². The zero-order chi connectivity index (χ0) is 19.7. The Kier molecular flexibility index (Phi) is 5.90. The summed E-state index contributed by atoms with van der Waals surface area (Å²) >= 11 is 1.04. The van der Waals surface area contributed by atoms with Crippen molar-refractivity contribution in [1.29, 1.82) is 0 Å². The molecule has 0 atom stereocenters. The van der Waals surface area contributed by atoms with Crippen LogP contribution in [0.1, 0.15) is 41.8 Å². The molecule has 2 fully saturated rings. The molecule has 0 spiro atoms. The molecule has 8 nitrogen and oxygen atoms in total. The van der Waals surface area contributed by atoms with Gasteiger partial charge >= 0.3 is 5.97 Å². The van der Waals surface area contributed by atoms with Gasteiger partial charge in [-0.1, -0.05) is 6.42 Å². The number of thiophene rings is 1. The van der Waals surface area contributed by atoms with Gasteiger partial charge in [-0.05, 0) is 50.2 Å². The molecule has 2 N–H and O–H groups in total. The molecule has 0 aromatic carbocycles. The predicted molar refractivity (Wildman–Crippen MR) is 101 cm³/mol. The van der Waals surface area contributed by atoms with Crippen molar-refractivity contribution in [2.24, 2.45) is 5.73 Å². The minimum atomic E-state index is -3.84. The molecule has 150 valence electrons. The van der Waals surface area contributed by atoms with E-state index < -0.39 is 21.5 Å². The van der Waals surface area contributed by atoms with Crippen molar-refractivity contribution in [2.45, 2.75) is 42.5 Å². The number of esters is 1. The van der Waals surface area contributed by atoms with Crippen LogP contribution in [-0.2, 0) is 19.6 Å². The van der Waals surface area contributed by atoms with Crippen molar-refractivity contribution in [1.82, 2.24) is 9.21 Å². The van der Waals surface area contributed by atoms with Gasteiger partial charge in [-0.25, -0.2) is 13.2 Å². The summed E-state index contributed by atoms with van der Waals surface area (Å²) in [6.07, 6.45) is 3.90. The lowest BCUT2D eigenvalue weighted by Gasteiger charge is -2.47. The van der Waals surface area contributed by atoms with Crippen LogP contribution in [0.15, 0.2) is 16.3 Å². The SMILES string of the molecule is COC(=O)c1sccc1S(=O)(=O)N1CCC(C(N)=O)(N2CCCCC2)CC1. The summed E-state index contributed by atoms with van der Waals surface area (Å²) in [7, 11) is -2.62. The van der Waals surface area contributed by atoms with E-state index in [1.165, 1.54) is 17.5 Å². The van der Waals surface area contributed by atoms with E-state index in [0.29, 0.717) is 12.8 Å². The summed E-state index contributed by atoms with van der Waals surface area (Å²) < 4.78 is 32.1. The molecule has 2 saturated heterocycles. The van der Waals surface area contributed by atoms with E-state index in [2.05, 4.69) is 9.64 Å². The van der Waals surface area contributed by atoms with E-state index in [0.717, 1.165) is 43.7 Å². The average molecular weight is 416 g/mol. The Morgan fingerprint density at radius 3 is 2.33 bits per heavy atom. The molecule has 3 heterocycles. The fraction of sp³-hybridized carbons (Fsp3) is 0.647. The second-order valence-electron chi connectivity index (χ2n) is 6.95. The molecule has 1 aromatic rings. The smallest absolute Gasteiger partial charge is 0.349 e. The van der Waals surface area contributed by atoms with Crippen molar-refractivity contribution >= 4 is 33.2 Å². The normalized spacial score (nSPS) is 21.7. The number of carbonyl (C=O) groups excluding carboxylic acids is 2. The summed E-state index contributed by atoms with van der Waals surface area (Å²) in [5.41, 5.74) is 4.97. The summed E-state index contributed by atoms with van der Waals surface area (Å²) in [5, 5.41) is 1.56. The number of primary amides is 1. The maximum Gasteiger partial charge on any atom is 0.349 e. The molecule has 0 saturated carbocycles. The van der Waals surface area contributed by atoms with E-state index in [1.807, 2.05) is 0 Å². The van der Waals surface area contributed by atoms with Crippen molar-refractivity contribution in [3.8, 4) is 0 Å². The summed E-state index contributed by atoms with van der Waals surface area (Å²) in [4.78, 5) is 26.3. The van der Waals surface area contributed by atoms with Gasteiger partial charge in [0.05, 0.1) is 7.11 Å². The highest BCUT2D eigenvalue weighted by Crippen LogP contribution is 2.35. The summed E-state index contributed by atoms with van der Waals surface area (Å²) in [6, 6.07) is 1.42. The predicted octanol–water partition coefficient (Wildman–Crippen LogP) is 1.03. The van der Waals surface area contributed by atoms with E-state index in [-0.39, 0.29) is 28.8 Å². The molecule has 3 rings (SSSR count). The molecular formula is C17H25N3O5S2. The van der Waals surface area contributed by atoms with Crippen LogP contribution in [0.4, 0.5) is 0 Å². The van der Waals surface area contributed by atoms with E-state index in [9.17, 15) is 18.0 Å². The molecule has 10 heteroatoms. The van der Waals surface area contributed by atoms with Gasteiger partial charge in [0, 0.05) is 13.1 Å². The third-order valence-corrected chi connectivity index (χ3v) is 8.55. The molecule has 2 aliphatic rings. The topological polar surface area (TPSA) is 110 Å². The number of piperidine rings is 2. The van der Waals surface area contributed by atoms with Crippen molar-refractivity contribution in [3.05, 3.63) is 16.3 Å². The van der Waals surface area contributed by atoms with Gasteiger partial charge < -0.3 is 10.5 Å². The molecular weight excluding hydrogens is 390 g/mol. The zero-order valence-corrected chi connectivity index (χ0v) is 17.0. The maximum absolute atomic E-state index is 13.0. The third-order valence-electron chi connectivity index (χ3n) is 5.59. The highest BCUT2D eigenvalue weighted by molar-refractivity contribution is 7.89. The number of sulfonamides is 1. The number of nitrogens with zero attached hydrogens (tertiary/aromatic N) is 2. The van der Waals surface area contributed by atoms with E-state index in [4.69, 9.17) is 5.73 Å². The lowest BCUT2D eigenvalue weighted by Crippen LogP contribution is -2.63. The van der Waals surface area contributed by atoms with Crippen LogP contribution in [0.3, 0.4) is 0 Å². The molecule has 1 aromatic heterocycles. The Hall–Kier alpha value is -1.49. The van der Waals surface area contributed by atoms with E-state index >= 15 is 0 Å². The lowest BCUT2D eigenvalue weighted by molar-refractivity contribution is -0.134. The Morgan fingerprint density at radius 2 is 1.78 bits per heavy atom. The average Bonchev–Trinajstić information content (AvgIpc) is 3.18. The maximum atomic E-state index is 13.0. The number of ether oxygens (including phenoxy) is 1. The number of amides is 1. The summed E-state index contributed by atoms with van der Waals surface area (Å²) in [5.74, 6) is -1.05. The van der Waals surface area contributed by atoms with Crippen molar-refractivity contribution in [3.63, 3.8) is 0 Å². The molecule has 1 amide bonds. The van der Waals surface area contributed by atoms with E-state index in [1.54, 1.807) is 5.38 Å². The van der Waals surface area contributed by atoms with Crippen molar-refractivity contribution in [2.75, 3.05) is 33.3 Å². The van der Waals surface area contributed by atoms with Crippen LogP contribution in [0.2, 0.25) is 0 Å². The monoisotopic (exact) mass is 415 g/mol. The molecule has 0 bridgehead atoms. The molecule has 2 aliphatic heterocycles. The highest BCUT2D eigenvalue weighted by atomic mass is 32.2. The van der Waals surface area contributed by atoms with Crippen molar-refractivity contribution < 1.29 is 22.7 Å². The van der Waals surface area contributed by atoms with Gasteiger partial charge in [0.2, 0.25) is 15.9 Å². The number of methoxy groups -OCH3 is 1. The Bertz CT molecular complexity index is 806. The number of nitrogens with two attached hydrogens (primary N) is 1. The fourth-order valence-corrected chi connectivity index (χ4v) is 6.77. The quantitative estimate of drug-likeness (QED) is 0.719. The highest BCUT2D eigenvalue weighted by Gasteiger charge is 2.47. The van der Waals surface area contributed by atoms with Gasteiger partial charge in [0.1, 0.15) is 15.3 Å². The largest absolute Gasteiger partial charge is 0.465 e. The van der Waals surface area contributed by atoms with Crippen LogP contribution in [-0.4, -0.2) is 68.3 Å². The molecule has 27 heavy (non-hydrogen) atoms. The lowest BCUT2D eigenvalue weighted by atomic mass is 9.84. The summed E-state index contributed by atoms with van der Waals surface area (Å²) in [6.45, 7) is 2.01. The first kappa shape index (κ1) is 20.2. The Labute approximate surface area is 163 Å². The first-order chi connectivity index (χ1) is 12.8. The minimum Gasteiger partial charge on any atom is -0.465 e. The van der Waals surface area contributed by atoms with Gasteiger partial charge in [0.15, 0.2) is 0 Å². The second kappa shape index (κ2) is 7.86. The third kappa shape index (κ3) is 3.63. The fourth-order valence-electron chi connectivity index (χ4n) is 4.02. The second-order valence-corrected chi connectivity index (χ2v) is 9.78. The zero-order valence-electron chi connectivity index (χ0n) is 15.3. The van der Waals surface area contributed by atoms with Crippen LogP contribution in [0.25, 0.3) is 0 Å². The number of likely N-dealkylation sites (tertiary alicyclic amines) is 1. The van der Waals surface area contributed by atoms with Crippen LogP contribution in [0.5, 0.6) is 0 Å². The number of rotatable bonds is 5. The first-order valence-corrected chi connectivity index (χ1v) is 11.4. The molecule has 0 radical (unpaired) electrons. The van der Waals surface area contributed by atoms with Gasteiger partial charge in [-0.2, -0.15) is 4.31 Å². The van der Waals surface area contributed by atoms with Crippen LogP contribution < -0.4 is 5.73 Å². The number of hydrogen-bond acceptors (Lipinski definition) is 7. The molecule has 0 aliphatic carbocycles.